The predicted octanol–water partition coefficient (Wildman–Crippen LogP) is 1.87. The fourth-order valence-electron chi connectivity index (χ4n) is 2.58. The highest BCUT2D eigenvalue weighted by Gasteiger charge is 2.85. The summed E-state index contributed by atoms with van der Waals surface area (Å²) in [4.78, 5) is 10.8. The van der Waals surface area contributed by atoms with Crippen molar-refractivity contribution in [1.29, 1.82) is 0 Å². The molecule has 0 bridgehead atoms. The minimum absolute atomic E-state index is 0.0164. The van der Waals surface area contributed by atoms with Crippen LogP contribution >= 0.6 is 0 Å². The fraction of sp³-hybridized carbons (Fsp3) is 0.929. The van der Waals surface area contributed by atoms with Crippen molar-refractivity contribution in [3.05, 3.63) is 0 Å². The van der Waals surface area contributed by atoms with Crippen LogP contribution in [0.15, 0.2) is 0 Å². The Labute approximate surface area is 188 Å². The first kappa shape index (κ1) is 32.6. The van der Waals surface area contributed by atoms with Gasteiger partial charge in [-0.1, -0.05) is 0 Å². The number of alkyl halides is 9. The molecule has 9 nitrogen and oxygen atoms in total. The van der Waals surface area contributed by atoms with Gasteiger partial charge in [0.2, 0.25) is 0 Å². The fourth-order valence-corrected chi connectivity index (χ4v) is 4.50. The molecule has 20 heteroatoms. The van der Waals surface area contributed by atoms with Gasteiger partial charge in [-0.25, -0.2) is 8.42 Å². The molecule has 0 rings (SSSR count). The molecule has 0 radical (unpaired) electrons. The molecule has 0 saturated carbocycles. The Morgan fingerprint density at radius 3 is 1.68 bits per heavy atom. The molecule has 0 heterocycles. The number of carbonyl (C=O) groups is 1. The number of quaternary nitrogens is 1. The van der Waals surface area contributed by atoms with Crippen LogP contribution in [-0.2, 0) is 24.9 Å². The van der Waals surface area contributed by atoms with Crippen molar-refractivity contribution < 1.29 is 75.3 Å². The van der Waals surface area contributed by atoms with E-state index in [2.05, 4.69) is 0 Å². The van der Waals surface area contributed by atoms with Gasteiger partial charge in [-0.05, 0) is 0 Å². The van der Waals surface area contributed by atoms with Gasteiger partial charge in [0.1, 0.15) is 6.54 Å². The van der Waals surface area contributed by atoms with Crippen LogP contribution in [0.4, 0.5) is 39.5 Å². The molecule has 0 unspecified atom stereocenters. The number of hydrogen-bond acceptors (Lipinski definition) is 5. The van der Waals surface area contributed by atoms with Crippen LogP contribution in [0.1, 0.15) is 12.8 Å². The van der Waals surface area contributed by atoms with E-state index in [-0.39, 0.29) is 24.0 Å². The highest BCUT2D eigenvalue weighted by atomic mass is 32.2. The standard InChI is InChI=1S/C14H21F9N2O7S2/c1-25(2,7-4-8-33(28,29)30)6-3-5-24(9-10(26)27)34(31,32)14(22,23)12(17,18)11(15,16)13(19,20)21/h3-9H2,1-2H3,(H-,26,27,28,29,30)/p+1. The Kier molecular flexibility index (Phi) is 9.89. The normalized spacial score (nSPS) is 15.1. The third-order valence-corrected chi connectivity index (χ3v) is 7.13. The summed E-state index contributed by atoms with van der Waals surface area (Å²) in [7, 11) is -8.61. The van der Waals surface area contributed by atoms with Gasteiger partial charge >= 0.3 is 29.2 Å². The summed E-state index contributed by atoms with van der Waals surface area (Å²) in [6, 6.07) is 0. The molecule has 204 valence electrons. The molecule has 0 aliphatic carbocycles. The van der Waals surface area contributed by atoms with Crippen molar-refractivity contribution in [3.8, 4) is 0 Å². The lowest BCUT2D eigenvalue weighted by atomic mass is 10.1. The lowest BCUT2D eigenvalue weighted by molar-refractivity contribution is -0.890. The topological polar surface area (TPSA) is 129 Å². The number of nitrogens with zero attached hydrogens (tertiary/aromatic N) is 2. The van der Waals surface area contributed by atoms with Crippen molar-refractivity contribution >= 4 is 26.1 Å². The van der Waals surface area contributed by atoms with Crippen LogP contribution in [0.5, 0.6) is 0 Å². The third kappa shape index (κ3) is 7.56. The summed E-state index contributed by atoms with van der Waals surface area (Å²) in [5, 5.41) is 1.64. The van der Waals surface area contributed by atoms with Gasteiger partial charge in [0.15, 0.2) is 0 Å². The van der Waals surface area contributed by atoms with E-state index >= 15 is 0 Å². The number of carboxylic acid groups (broad SMARTS) is 1. The zero-order chi connectivity index (χ0) is 27.6. The SMILES string of the molecule is C[N+](C)(CCCN(CC(=O)O)S(=O)(=O)C(F)(F)C(F)(F)C(F)(F)C(F)(F)F)CCCS(=O)(=O)O. The van der Waals surface area contributed by atoms with E-state index < -0.39 is 79.0 Å². The van der Waals surface area contributed by atoms with Gasteiger partial charge in [0.05, 0.1) is 32.9 Å². The van der Waals surface area contributed by atoms with Gasteiger partial charge in [-0.3, -0.25) is 9.35 Å². The molecule has 2 N–H and O–H groups in total. The molecule has 0 aromatic rings. The lowest BCUT2D eigenvalue weighted by Crippen LogP contribution is -2.65. The van der Waals surface area contributed by atoms with E-state index in [0.717, 1.165) is 0 Å². The number of hydrogen-bond donors (Lipinski definition) is 2. The van der Waals surface area contributed by atoms with Crippen LogP contribution in [0.2, 0.25) is 0 Å². The lowest BCUT2D eigenvalue weighted by Gasteiger charge is -2.35. The average Bonchev–Trinajstić information content (AvgIpc) is 2.57. The minimum Gasteiger partial charge on any atom is -0.480 e. The molecule has 0 aliphatic heterocycles. The maximum atomic E-state index is 14.0. The molecular formula is C14H22F9N2O7S2+. The summed E-state index contributed by atoms with van der Waals surface area (Å²) in [6.45, 7) is -3.51. The molecule has 34 heavy (non-hydrogen) atoms. The van der Waals surface area contributed by atoms with Gasteiger partial charge in [0, 0.05) is 19.4 Å². The van der Waals surface area contributed by atoms with E-state index in [9.17, 15) is 61.1 Å². The predicted molar refractivity (Wildman–Crippen MR) is 96.5 cm³/mol. The molecule has 0 atom stereocenters. The van der Waals surface area contributed by atoms with E-state index in [4.69, 9.17) is 9.66 Å². The minimum atomic E-state index is -7.50. The van der Waals surface area contributed by atoms with Crippen molar-refractivity contribution in [1.82, 2.24) is 4.31 Å². The van der Waals surface area contributed by atoms with Crippen LogP contribution in [-0.4, -0.2) is 111 Å². The molecular weight excluding hydrogens is 543 g/mol. The summed E-state index contributed by atoms with van der Waals surface area (Å²) >= 11 is 0. The Morgan fingerprint density at radius 2 is 1.29 bits per heavy atom. The first-order chi connectivity index (χ1) is 14.7. The number of halogens is 9. The summed E-state index contributed by atoms with van der Waals surface area (Å²) in [6.07, 6.45) is -7.99. The van der Waals surface area contributed by atoms with Gasteiger partial charge in [-0.15, -0.1) is 0 Å². The zero-order valence-corrected chi connectivity index (χ0v) is 19.1. The van der Waals surface area contributed by atoms with Crippen molar-refractivity contribution in [3.63, 3.8) is 0 Å². The van der Waals surface area contributed by atoms with Crippen molar-refractivity contribution in [2.45, 2.75) is 36.1 Å². The van der Waals surface area contributed by atoms with Crippen molar-refractivity contribution in [2.24, 2.45) is 0 Å². The number of aliphatic carboxylic acids is 1. The van der Waals surface area contributed by atoms with Crippen LogP contribution in [0.3, 0.4) is 0 Å². The Balaban J connectivity index is 5.81. The molecule has 0 saturated heterocycles. The highest BCUT2D eigenvalue weighted by Crippen LogP contribution is 2.55. The second-order valence-electron chi connectivity index (χ2n) is 7.77. The van der Waals surface area contributed by atoms with Gasteiger partial charge in [0.25, 0.3) is 20.1 Å². The molecule has 0 aliphatic rings. The Hall–Kier alpha value is -1.38. The number of rotatable bonds is 14. The maximum absolute atomic E-state index is 14.0. The van der Waals surface area contributed by atoms with E-state index in [1.807, 2.05) is 0 Å². The van der Waals surface area contributed by atoms with E-state index in [0.29, 0.717) is 0 Å². The highest BCUT2D eigenvalue weighted by molar-refractivity contribution is 7.90. The molecule has 0 fully saturated rings. The maximum Gasteiger partial charge on any atom is 0.460 e. The second-order valence-corrected chi connectivity index (χ2v) is 11.3. The molecule has 0 spiro atoms. The first-order valence-electron chi connectivity index (χ1n) is 8.92. The van der Waals surface area contributed by atoms with Gasteiger partial charge < -0.3 is 9.59 Å². The second kappa shape index (κ2) is 10.3. The summed E-state index contributed by atoms with van der Waals surface area (Å²) < 4.78 is 171. The summed E-state index contributed by atoms with van der Waals surface area (Å²) in [5.41, 5.74) is 0. The molecule has 0 aromatic heterocycles. The average molecular weight is 565 g/mol. The van der Waals surface area contributed by atoms with Crippen LogP contribution < -0.4 is 0 Å². The first-order valence-corrected chi connectivity index (χ1v) is 12.0. The van der Waals surface area contributed by atoms with Crippen LogP contribution in [0.25, 0.3) is 0 Å². The molecule has 0 amide bonds. The summed E-state index contributed by atoms with van der Waals surface area (Å²) in [5.74, 6) is -17.9. The van der Waals surface area contributed by atoms with E-state index in [1.165, 1.54) is 14.1 Å². The zero-order valence-electron chi connectivity index (χ0n) is 17.5. The van der Waals surface area contributed by atoms with E-state index in [1.54, 1.807) is 0 Å². The van der Waals surface area contributed by atoms with Crippen molar-refractivity contribution in [2.75, 3.05) is 46.0 Å². The Morgan fingerprint density at radius 1 is 0.853 bits per heavy atom. The van der Waals surface area contributed by atoms with Crippen LogP contribution in [0, 0.1) is 0 Å². The largest absolute Gasteiger partial charge is 0.480 e. The number of carboxylic acids is 1. The number of sulfonamides is 1. The quantitative estimate of drug-likeness (QED) is 0.187. The smallest absolute Gasteiger partial charge is 0.460 e. The third-order valence-electron chi connectivity index (χ3n) is 4.43. The Bertz CT molecular complexity index is 936. The van der Waals surface area contributed by atoms with Gasteiger partial charge in [-0.2, -0.15) is 52.2 Å². The monoisotopic (exact) mass is 565 g/mol. The molecule has 0 aromatic carbocycles.